The summed E-state index contributed by atoms with van der Waals surface area (Å²) in [6, 6.07) is 10.3. The normalized spacial score (nSPS) is 17.1. The first-order valence-corrected chi connectivity index (χ1v) is 11.4. The number of methoxy groups -OCH3 is 2. The Labute approximate surface area is 216 Å². The highest BCUT2D eigenvalue weighted by molar-refractivity contribution is 6.52. The van der Waals surface area contributed by atoms with Crippen molar-refractivity contribution in [3.8, 4) is 11.5 Å². The number of ketones is 1. The molecule has 0 saturated carbocycles. The molecular weight excluding hydrogens is 515 g/mol. The van der Waals surface area contributed by atoms with Gasteiger partial charge in [0.1, 0.15) is 16.8 Å². The summed E-state index contributed by atoms with van der Waals surface area (Å²) in [6.45, 7) is 1.77. The van der Waals surface area contributed by atoms with Crippen molar-refractivity contribution in [3.63, 3.8) is 0 Å². The SMILES string of the molecule is COc1c(Cl)cc(/C(O)=C2\C(=O)C(=O)N(c3ccc(Cl)cc3C)C2c2ccccn2)c(OC)c1Cl. The van der Waals surface area contributed by atoms with Crippen molar-refractivity contribution in [2.24, 2.45) is 0 Å². The van der Waals surface area contributed by atoms with Crippen molar-refractivity contribution < 1.29 is 24.2 Å². The number of halogens is 3. The Hall–Kier alpha value is -3.26. The number of benzene rings is 2. The number of aromatic nitrogens is 1. The van der Waals surface area contributed by atoms with Crippen molar-refractivity contribution in [1.29, 1.82) is 0 Å². The first-order valence-electron chi connectivity index (χ1n) is 10.3. The largest absolute Gasteiger partial charge is 0.507 e. The van der Waals surface area contributed by atoms with Crippen LogP contribution in [0.15, 0.2) is 54.2 Å². The minimum Gasteiger partial charge on any atom is -0.507 e. The summed E-state index contributed by atoms with van der Waals surface area (Å²) >= 11 is 18.8. The van der Waals surface area contributed by atoms with Gasteiger partial charge in [-0.25, -0.2) is 0 Å². The van der Waals surface area contributed by atoms with Gasteiger partial charge in [0.15, 0.2) is 11.5 Å². The molecule has 3 aromatic rings. The zero-order valence-electron chi connectivity index (χ0n) is 18.8. The van der Waals surface area contributed by atoms with Crippen molar-refractivity contribution in [3.05, 3.63) is 86.1 Å². The molecule has 4 rings (SSSR count). The summed E-state index contributed by atoms with van der Waals surface area (Å²) < 4.78 is 10.6. The number of nitrogens with zero attached hydrogens (tertiary/aromatic N) is 2. The number of aryl methyl sites for hydroxylation is 1. The number of rotatable bonds is 5. The number of hydrogen-bond donors (Lipinski definition) is 1. The van der Waals surface area contributed by atoms with Gasteiger partial charge in [-0.05, 0) is 48.9 Å². The Bertz CT molecular complexity index is 1380. The molecule has 0 aliphatic carbocycles. The van der Waals surface area contributed by atoms with Crippen molar-refractivity contribution in [2.75, 3.05) is 19.1 Å². The Balaban J connectivity index is 2.02. The van der Waals surface area contributed by atoms with Gasteiger partial charge in [-0.2, -0.15) is 0 Å². The molecule has 1 aliphatic rings. The van der Waals surface area contributed by atoms with Crippen LogP contribution < -0.4 is 14.4 Å². The summed E-state index contributed by atoms with van der Waals surface area (Å²) in [5.41, 5.74) is 1.30. The summed E-state index contributed by atoms with van der Waals surface area (Å²) in [4.78, 5) is 32.3. The lowest BCUT2D eigenvalue weighted by atomic mass is 9.97. The van der Waals surface area contributed by atoms with E-state index in [1.165, 1.54) is 31.4 Å². The van der Waals surface area contributed by atoms with Crippen LogP contribution in [0.1, 0.15) is 22.9 Å². The second-order valence-corrected chi connectivity index (χ2v) is 8.86. The smallest absolute Gasteiger partial charge is 0.300 e. The molecule has 1 fully saturated rings. The highest BCUT2D eigenvalue weighted by Gasteiger charge is 2.48. The summed E-state index contributed by atoms with van der Waals surface area (Å²) in [6.07, 6.45) is 1.53. The van der Waals surface area contributed by atoms with E-state index in [-0.39, 0.29) is 32.7 Å². The zero-order valence-corrected chi connectivity index (χ0v) is 21.1. The van der Waals surface area contributed by atoms with Crippen LogP contribution in [0.5, 0.6) is 11.5 Å². The van der Waals surface area contributed by atoms with Crippen LogP contribution in [0.2, 0.25) is 15.1 Å². The van der Waals surface area contributed by atoms with Gasteiger partial charge in [0.25, 0.3) is 11.7 Å². The van der Waals surface area contributed by atoms with Gasteiger partial charge in [0, 0.05) is 16.9 Å². The van der Waals surface area contributed by atoms with Gasteiger partial charge < -0.3 is 14.6 Å². The minimum atomic E-state index is -1.04. The molecule has 1 N–H and O–H groups in total. The zero-order chi connectivity index (χ0) is 25.4. The maximum absolute atomic E-state index is 13.4. The molecule has 0 radical (unpaired) electrons. The van der Waals surface area contributed by atoms with E-state index in [4.69, 9.17) is 44.3 Å². The van der Waals surface area contributed by atoms with Crippen molar-refractivity contribution in [1.82, 2.24) is 4.98 Å². The summed E-state index contributed by atoms with van der Waals surface area (Å²) in [5, 5.41) is 12.0. The van der Waals surface area contributed by atoms with E-state index in [0.29, 0.717) is 22.0 Å². The fraction of sp³-hybridized carbons (Fsp3) is 0.160. The van der Waals surface area contributed by atoms with Crippen LogP contribution in [0.4, 0.5) is 5.69 Å². The number of aliphatic hydroxyl groups excluding tert-OH is 1. The molecule has 10 heteroatoms. The molecule has 1 amide bonds. The van der Waals surface area contributed by atoms with Crippen LogP contribution in [0.3, 0.4) is 0 Å². The maximum Gasteiger partial charge on any atom is 0.300 e. The number of Topliss-reactive ketones (excluding diaryl/α,β-unsaturated/α-hetero) is 1. The van der Waals surface area contributed by atoms with E-state index >= 15 is 0 Å². The highest BCUT2D eigenvalue weighted by atomic mass is 35.5. The Morgan fingerprint density at radius 3 is 2.34 bits per heavy atom. The molecule has 1 atom stereocenters. The van der Waals surface area contributed by atoms with Gasteiger partial charge in [0.05, 0.1) is 36.1 Å². The minimum absolute atomic E-state index is 0.00112. The van der Waals surface area contributed by atoms with Crippen molar-refractivity contribution >= 4 is 57.9 Å². The second kappa shape index (κ2) is 9.77. The molecular formula is C25H19Cl3N2O5. The number of pyridine rings is 1. The Kier molecular flexibility index (Phi) is 6.94. The average molecular weight is 534 g/mol. The molecule has 1 unspecified atom stereocenters. The predicted octanol–water partition coefficient (Wildman–Crippen LogP) is 5.99. The number of carbonyl (C=O) groups excluding carboxylic acids is 2. The number of aliphatic hydroxyl groups is 1. The Morgan fingerprint density at radius 1 is 1.03 bits per heavy atom. The monoisotopic (exact) mass is 532 g/mol. The number of amides is 1. The van der Waals surface area contributed by atoms with Crippen LogP contribution in [-0.2, 0) is 9.59 Å². The molecule has 0 spiro atoms. The third-order valence-electron chi connectivity index (χ3n) is 5.63. The lowest BCUT2D eigenvalue weighted by Crippen LogP contribution is -2.30. The van der Waals surface area contributed by atoms with Gasteiger partial charge in [-0.3, -0.25) is 19.5 Å². The Morgan fingerprint density at radius 2 is 1.74 bits per heavy atom. The quantitative estimate of drug-likeness (QED) is 0.246. The molecule has 2 heterocycles. The highest BCUT2D eigenvalue weighted by Crippen LogP contribution is 2.48. The van der Waals surface area contributed by atoms with Crippen LogP contribution in [0.25, 0.3) is 5.76 Å². The number of ether oxygens (including phenoxy) is 2. The lowest BCUT2D eigenvalue weighted by Gasteiger charge is -2.26. The predicted molar refractivity (Wildman–Crippen MR) is 135 cm³/mol. The molecule has 180 valence electrons. The lowest BCUT2D eigenvalue weighted by molar-refractivity contribution is -0.132. The first-order chi connectivity index (χ1) is 16.7. The number of carbonyl (C=O) groups is 2. The molecule has 1 aliphatic heterocycles. The fourth-order valence-electron chi connectivity index (χ4n) is 4.08. The molecule has 1 aromatic heterocycles. The summed E-state index contributed by atoms with van der Waals surface area (Å²) in [7, 11) is 2.73. The second-order valence-electron chi connectivity index (χ2n) is 7.64. The van der Waals surface area contributed by atoms with Crippen LogP contribution in [0, 0.1) is 6.92 Å². The van der Waals surface area contributed by atoms with Gasteiger partial charge in [-0.1, -0.05) is 40.9 Å². The molecule has 1 saturated heterocycles. The van der Waals surface area contributed by atoms with E-state index in [1.54, 1.807) is 43.3 Å². The fourth-order valence-corrected chi connectivity index (χ4v) is 4.99. The van der Waals surface area contributed by atoms with Crippen molar-refractivity contribution in [2.45, 2.75) is 13.0 Å². The van der Waals surface area contributed by atoms with E-state index in [9.17, 15) is 14.7 Å². The maximum atomic E-state index is 13.4. The van der Waals surface area contributed by atoms with E-state index < -0.39 is 23.5 Å². The van der Waals surface area contributed by atoms with Gasteiger partial charge in [0.2, 0.25) is 0 Å². The van der Waals surface area contributed by atoms with Gasteiger partial charge in [-0.15, -0.1) is 0 Å². The first kappa shape index (κ1) is 24.9. The average Bonchev–Trinajstić information content (AvgIpc) is 3.09. The number of anilines is 1. The molecule has 2 aromatic carbocycles. The summed E-state index contributed by atoms with van der Waals surface area (Å²) in [5.74, 6) is -2.09. The standard InChI is InChI=1S/C25H19Cl3N2O5/c1-12-10-13(26)7-8-17(12)30-20(16-6-4-5-9-29-16)18(22(32)25(30)33)21(31)14-11-15(27)24(35-3)19(28)23(14)34-2/h4-11,20,31H,1-3H3/b21-18+. The molecule has 35 heavy (non-hydrogen) atoms. The topological polar surface area (TPSA) is 89.0 Å². The van der Waals surface area contributed by atoms with E-state index in [1.807, 2.05) is 0 Å². The number of hydrogen-bond acceptors (Lipinski definition) is 6. The van der Waals surface area contributed by atoms with Crippen LogP contribution >= 0.6 is 34.8 Å². The van der Waals surface area contributed by atoms with Crippen LogP contribution in [-0.4, -0.2) is 36.0 Å². The van der Waals surface area contributed by atoms with E-state index in [2.05, 4.69) is 4.98 Å². The molecule has 7 nitrogen and oxygen atoms in total. The van der Waals surface area contributed by atoms with E-state index in [0.717, 1.165) is 0 Å². The third kappa shape index (κ3) is 4.20. The third-order valence-corrected chi connectivity index (χ3v) is 6.48. The van der Waals surface area contributed by atoms with Gasteiger partial charge >= 0.3 is 0 Å². The molecule has 0 bridgehead atoms.